The van der Waals surface area contributed by atoms with Gasteiger partial charge in [-0.2, -0.15) is 0 Å². The quantitative estimate of drug-likeness (QED) is 0.496. The van der Waals surface area contributed by atoms with E-state index in [1.165, 1.54) is 17.8 Å². The number of hydrogen-bond acceptors (Lipinski definition) is 4. The fourth-order valence-corrected chi connectivity index (χ4v) is 3.84. The van der Waals surface area contributed by atoms with E-state index in [4.69, 9.17) is 0 Å². The number of carbonyl (C=O) groups is 1. The van der Waals surface area contributed by atoms with Gasteiger partial charge in [-0.3, -0.25) is 9.59 Å². The molecule has 3 aromatic rings. The summed E-state index contributed by atoms with van der Waals surface area (Å²) >= 11 is 1.27. The van der Waals surface area contributed by atoms with Gasteiger partial charge in [0.25, 0.3) is 5.56 Å². The van der Waals surface area contributed by atoms with Crippen molar-refractivity contribution in [2.45, 2.75) is 31.8 Å². The molecule has 0 aliphatic carbocycles. The summed E-state index contributed by atoms with van der Waals surface area (Å²) in [5.74, 6) is 0.206. The molecule has 0 saturated heterocycles. The van der Waals surface area contributed by atoms with Gasteiger partial charge in [0.2, 0.25) is 5.91 Å². The summed E-state index contributed by atoms with van der Waals surface area (Å²) in [7, 11) is 0. The normalized spacial score (nSPS) is 10.9. The first-order chi connectivity index (χ1) is 13.1. The average Bonchev–Trinajstić information content (AvgIpc) is 2.67. The van der Waals surface area contributed by atoms with Crippen LogP contribution in [0.25, 0.3) is 10.8 Å². The Hall–Kier alpha value is -2.60. The van der Waals surface area contributed by atoms with E-state index in [1.54, 1.807) is 4.90 Å². The van der Waals surface area contributed by atoms with Crippen LogP contribution in [-0.4, -0.2) is 28.2 Å². The Labute approximate surface area is 162 Å². The number of aromatic nitrogens is 2. The summed E-state index contributed by atoms with van der Waals surface area (Å²) < 4.78 is 0. The van der Waals surface area contributed by atoms with Crippen molar-refractivity contribution in [1.82, 2.24) is 9.97 Å². The molecule has 6 heteroatoms. The second-order valence-electron chi connectivity index (χ2n) is 6.22. The van der Waals surface area contributed by atoms with Crippen LogP contribution in [0.5, 0.6) is 0 Å². The van der Waals surface area contributed by atoms with Crippen LogP contribution in [0.2, 0.25) is 0 Å². The van der Waals surface area contributed by atoms with Crippen molar-refractivity contribution in [3.63, 3.8) is 0 Å². The fourth-order valence-electron chi connectivity index (χ4n) is 3.07. The molecule has 0 unspecified atom stereocenters. The summed E-state index contributed by atoms with van der Waals surface area (Å²) in [5.41, 5.74) is 1.49. The van der Waals surface area contributed by atoms with Gasteiger partial charge in [0.15, 0.2) is 5.16 Å². The average molecular weight is 382 g/mol. The number of anilines is 1. The van der Waals surface area contributed by atoms with Gasteiger partial charge in [-0.05, 0) is 24.8 Å². The van der Waals surface area contributed by atoms with Crippen molar-refractivity contribution >= 4 is 34.1 Å². The topological polar surface area (TPSA) is 66.1 Å². The van der Waals surface area contributed by atoms with E-state index in [1.807, 2.05) is 56.3 Å². The highest BCUT2D eigenvalue weighted by molar-refractivity contribution is 7.99. The lowest BCUT2D eigenvalue weighted by Crippen LogP contribution is -2.32. The van der Waals surface area contributed by atoms with E-state index < -0.39 is 0 Å². The molecule has 140 valence electrons. The minimum atomic E-state index is -0.176. The Morgan fingerprint density at radius 1 is 1.15 bits per heavy atom. The Bertz CT molecular complexity index is 995. The largest absolute Gasteiger partial charge is 0.311 e. The molecule has 2 aromatic carbocycles. The maximum Gasteiger partial charge on any atom is 0.251 e. The lowest BCUT2D eigenvalue weighted by Gasteiger charge is -2.22. The lowest BCUT2D eigenvalue weighted by atomic mass is 10.1. The number of amides is 1. The smallest absolute Gasteiger partial charge is 0.251 e. The molecular formula is C21H23N3O2S. The third-order valence-electron chi connectivity index (χ3n) is 4.29. The molecule has 1 N–H and O–H groups in total. The van der Waals surface area contributed by atoms with E-state index >= 15 is 0 Å². The van der Waals surface area contributed by atoms with Gasteiger partial charge in [-0.15, -0.1) is 0 Å². The molecule has 27 heavy (non-hydrogen) atoms. The number of fused-ring (bicyclic) bond motifs is 1. The first kappa shape index (κ1) is 19.2. The molecule has 0 aliphatic heterocycles. The number of rotatable bonds is 7. The lowest BCUT2D eigenvalue weighted by molar-refractivity contribution is -0.116. The van der Waals surface area contributed by atoms with Crippen LogP contribution in [0.1, 0.15) is 26.0 Å². The number of carbonyl (C=O) groups excluding carboxylic acids is 1. The maximum absolute atomic E-state index is 12.9. The van der Waals surface area contributed by atoms with Gasteiger partial charge in [-0.25, -0.2) is 4.98 Å². The maximum atomic E-state index is 12.9. The summed E-state index contributed by atoms with van der Waals surface area (Å²) in [5, 5.41) is 2.65. The third-order valence-corrected chi connectivity index (χ3v) is 5.14. The van der Waals surface area contributed by atoms with Gasteiger partial charge < -0.3 is 9.88 Å². The van der Waals surface area contributed by atoms with Crippen LogP contribution in [-0.2, 0) is 11.2 Å². The minimum absolute atomic E-state index is 0.0117. The van der Waals surface area contributed by atoms with Crippen LogP contribution in [0.15, 0.2) is 58.5 Å². The third kappa shape index (κ3) is 4.57. The molecule has 0 spiro atoms. The molecule has 1 aromatic heterocycles. The molecule has 0 atom stereocenters. The highest BCUT2D eigenvalue weighted by atomic mass is 32.2. The van der Waals surface area contributed by atoms with Crippen molar-refractivity contribution in [2.75, 3.05) is 17.2 Å². The number of benzene rings is 2. The number of hydrogen-bond donors (Lipinski definition) is 1. The Morgan fingerprint density at radius 3 is 2.70 bits per heavy atom. The van der Waals surface area contributed by atoms with E-state index in [0.29, 0.717) is 11.7 Å². The van der Waals surface area contributed by atoms with E-state index in [-0.39, 0.29) is 17.2 Å². The SMILES string of the molecule is CCCc1cc(=O)[nH]c(SCC(=O)N(CC)c2cccc3ccccc23)n1. The number of H-pyrrole nitrogens is 1. The zero-order valence-electron chi connectivity index (χ0n) is 15.6. The standard InChI is InChI=1S/C21H23N3O2S/c1-3-8-16-13-19(25)23-21(22-16)27-14-20(26)24(4-2)18-12-7-10-15-9-5-6-11-17(15)18/h5-7,9-13H,3-4,8,14H2,1-2H3,(H,22,23,25). The number of thioether (sulfide) groups is 1. The van der Waals surface area contributed by atoms with Gasteiger partial charge in [-0.1, -0.05) is 61.5 Å². The van der Waals surface area contributed by atoms with Crippen molar-refractivity contribution < 1.29 is 4.79 Å². The Morgan fingerprint density at radius 2 is 1.93 bits per heavy atom. The molecule has 1 amide bonds. The molecule has 5 nitrogen and oxygen atoms in total. The molecule has 0 radical (unpaired) electrons. The minimum Gasteiger partial charge on any atom is -0.311 e. The highest BCUT2D eigenvalue weighted by Gasteiger charge is 2.17. The van der Waals surface area contributed by atoms with Gasteiger partial charge in [0, 0.05) is 23.7 Å². The van der Waals surface area contributed by atoms with Crippen LogP contribution in [0, 0.1) is 0 Å². The molecule has 0 fully saturated rings. The zero-order valence-corrected chi connectivity index (χ0v) is 16.4. The molecule has 0 saturated carbocycles. The summed E-state index contributed by atoms with van der Waals surface area (Å²) in [6.07, 6.45) is 1.67. The molecular weight excluding hydrogens is 358 g/mol. The second-order valence-corrected chi connectivity index (χ2v) is 7.18. The summed E-state index contributed by atoms with van der Waals surface area (Å²) in [6.45, 7) is 4.59. The monoisotopic (exact) mass is 381 g/mol. The van der Waals surface area contributed by atoms with Crippen LogP contribution < -0.4 is 10.5 Å². The first-order valence-electron chi connectivity index (χ1n) is 9.13. The predicted octanol–water partition coefficient (Wildman–Crippen LogP) is 4.02. The second kappa shape index (κ2) is 8.86. The van der Waals surface area contributed by atoms with E-state index in [2.05, 4.69) is 9.97 Å². The Kier molecular flexibility index (Phi) is 6.29. The molecule has 0 aliphatic rings. The summed E-state index contributed by atoms with van der Waals surface area (Å²) in [6, 6.07) is 15.5. The molecule has 1 heterocycles. The first-order valence-corrected chi connectivity index (χ1v) is 10.1. The number of aromatic amines is 1. The van der Waals surface area contributed by atoms with Crippen molar-refractivity contribution in [2.24, 2.45) is 0 Å². The fraction of sp³-hybridized carbons (Fsp3) is 0.286. The highest BCUT2D eigenvalue weighted by Crippen LogP contribution is 2.27. The van der Waals surface area contributed by atoms with Crippen molar-refractivity contribution in [1.29, 1.82) is 0 Å². The van der Waals surface area contributed by atoms with Gasteiger partial charge in [0.1, 0.15) is 0 Å². The van der Waals surface area contributed by atoms with Crippen LogP contribution in [0.3, 0.4) is 0 Å². The van der Waals surface area contributed by atoms with E-state index in [0.717, 1.165) is 35.0 Å². The van der Waals surface area contributed by atoms with Gasteiger partial charge in [0.05, 0.1) is 11.4 Å². The number of aryl methyl sites for hydroxylation is 1. The van der Waals surface area contributed by atoms with Crippen molar-refractivity contribution in [3.05, 3.63) is 64.6 Å². The van der Waals surface area contributed by atoms with Gasteiger partial charge >= 0.3 is 0 Å². The summed E-state index contributed by atoms with van der Waals surface area (Å²) in [4.78, 5) is 33.6. The van der Waals surface area contributed by atoms with Crippen molar-refractivity contribution in [3.8, 4) is 0 Å². The number of nitrogens with zero attached hydrogens (tertiary/aromatic N) is 2. The zero-order chi connectivity index (χ0) is 19.2. The van der Waals surface area contributed by atoms with Crippen LogP contribution in [0.4, 0.5) is 5.69 Å². The van der Waals surface area contributed by atoms with Crippen LogP contribution >= 0.6 is 11.8 Å². The number of nitrogens with one attached hydrogen (secondary N) is 1. The molecule has 3 rings (SSSR count). The van der Waals surface area contributed by atoms with E-state index in [9.17, 15) is 9.59 Å². The Balaban J connectivity index is 1.79. The predicted molar refractivity (Wildman–Crippen MR) is 112 cm³/mol. The molecule has 0 bridgehead atoms.